The van der Waals surface area contributed by atoms with Gasteiger partial charge in [0.25, 0.3) is 5.69 Å². The molecule has 116 valence electrons. The van der Waals surface area contributed by atoms with Crippen LogP contribution in [0.2, 0.25) is 0 Å². The fourth-order valence-electron chi connectivity index (χ4n) is 2.67. The SMILES string of the molecule is CCNc1cc([N+](=O)[O-])cc(N2CCC(C)(CC)CC2)n1. The molecule has 0 atom stereocenters. The molecule has 0 radical (unpaired) electrons. The van der Waals surface area contributed by atoms with Crippen LogP contribution in [0, 0.1) is 15.5 Å². The molecule has 2 rings (SSSR count). The van der Waals surface area contributed by atoms with Gasteiger partial charge in [-0.2, -0.15) is 0 Å². The molecule has 0 amide bonds. The Labute approximate surface area is 125 Å². The van der Waals surface area contributed by atoms with Crippen LogP contribution in [-0.4, -0.2) is 29.5 Å². The van der Waals surface area contributed by atoms with Crippen molar-refractivity contribution in [2.75, 3.05) is 29.9 Å². The van der Waals surface area contributed by atoms with Gasteiger partial charge in [0.1, 0.15) is 11.6 Å². The summed E-state index contributed by atoms with van der Waals surface area (Å²) in [6, 6.07) is 3.07. The first-order chi connectivity index (χ1) is 9.97. The second kappa shape index (κ2) is 6.28. The predicted octanol–water partition coefficient (Wildman–Crippen LogP) is 3.44. The number of hydrogen-bond acceptors (Lipinski definition) is 5. The van der Waals surface area contributed by atoms with E-state index < -0.39 is 0 Å². The zero-order chi connectivity index (χ0) is 15.5. The zero-order valence-electron chi connectivity index (χ0n) is 13.1. The average Bonchev–Trinajstić information content (AvgIpc) is 2.48. The summed E-state index contributed by atoms with van der Waals surface area (Å²) in [5.74, 6) is 1.28. The molecule has 6 heteroatoms. The molecule has 2 heterocycles. The molecule has 1 aliphatic rings. The minimum Gasteiger partial charge on any atom is -0.370 e. The lowest BCUT2D eigenvalue weighted by Gasteiger charge is -2.39. The Morgan fingerprint density at radius 3 is 2.57 bits per heavy atom. The van der Waals surface area contributed by atoms with Gasteiger partial charge in [-0.3, -0.25) is 10.1 Å². The molecule has 0 bridgehead atoms. The van der Waals surface area contributed by atoms with Crippen molar-refractivity contribution in [2.24, 2.45) is 5.41 Å². The van der Waals surface area contributed by atoms with Gasteiger partial charge in [-0.15, -0.1) is 0 Å². The third-order valence-electron chi connectivity index (χ3n) is 4.51. The second-order valence-corrected chi connectivity index (χ2v) is 6.01. The molecule has 0 spiro atoms. The van der Waals surface area contributed by atoms with E-state index in [2.05, 4.69) is 29.0 Å². The summed E-state index contributed by atoms with van der Waals surface area (Å²) in [4.78, 5) is 17.4. The lowest BCUT2D eigenvalue weighted by Crippen LogP contribution is -2.38. The Hall–Kier alpha value is -1.85. The molecular weight excluding hydrogens is 268 g/mol. The molecular formula is C15H24N4O2. The fourth-order valence-corrected chi connectivity index (χ4v) is 2.67. The minimum absolute atomic E-state index is 0.0970. The van der Waals surface area contributed by atoms with E-state index in [1.165, 1.54) is 12.5 Å². The highest BCUT2D eigenvalue weighted by atomic mass is 16.6. The number of pyridine rings is 1. The molecule has 1 aromatic heterocycles. The molecule has 6 nitrogen and oxygen atoms in total. The Morgan fingerprint density at radius 2 is 2.05 bits per heavy atom. The quantitative estimate of drug-likeness (QED) is 0.665. The fraction of sp³-hybridized carbons (Fsp3) is 0.667. The van der Waals surface area contributed by atoms with Crippen LogP contribution in [0.4, 0.5) is 17.3 Å². The highest BCUT2D eigenvalue weighted by molar-refractivity contribution is 5.56. The van der Waals surface area contributed by atoms with Crippen LogP contribution in [0.25, 0.3) is 0 Å². The van der Waals surface area contributed by atoms with E-state index >= 15 is 0 Å². The molecule has 1 aliphatic heterocycles. The normalized spacial score (nSPS) is 17.6. The maximum absolute atomic E-state index is 11.1. The van der Waals surface area contributed by atoms with E-state index in [1.807, 2.05) is 6.92 Å². The summed E-state index contributed by atoms with van der Waals surface area (Å²) in [6.07, 6.45) is 3.38. The summed E-state index contributed by atoms with van der Waals surface area (Å²) in [5, 5.41) is 14.1. The van der Waals surface area contributed by atoms with Crippen LogP contribution in [-0.2, 0) is 0 Å². The van der Waals surface area contributed by atoms with Gasteiger partial charge in [-0.25, -0.2) is 4.98 Å². The number of hydrogen-bond donors (Lipinski definition) is 1. The number of nitro groups is 1. The van der Waals surface area contributed by atoms with E-state index in [-0.39, 0.29) is 10.6 Å². The standard InChI is InChI=1S/C15H24N4O2/c1-4-15(3)6-8-18(9-7-15)14-11-12(19(20)21)10-13(17-14)16-5-2/h10-11H,4-9H2,1-3H3,(H,16,17). The highest BCUT2D eigenvalue weighted by Gasteiger charge is 2.29. The van der Waals surface area contributed by atoms with E-state index in [4.69, 9.17) is 0 Å². The summed E-state index contributed by atoms with van der Waals surface area (Å²) < 4.78 is 0. The first-order valence-electron chi connectivity index (χ1n) is 7.63. The number of nitrogens with one attached hydrogen (secondary N) is 1. The van der Waals surface area contributed by atoms with Gasteiger partial charge in [0.05, 0.1) is 17.1 Å². The van der Waals surface area contributed by atoms with Gasteiger partial charge in [-0.1, -0.05) is 20.3 Å². The van der Waals surface area contributed by atoms with Crippen LogP contribution in [0.5, 0.6) is 0 Å². The third-order valence-corrected chi connectivity index (χ3v) is 4.51. The smallest absolute Gasteiger partial charge is 0.276 e. The van der Waals surface area contributed by atoms with Crippen molar-refractivity contribution in [3.8, 4) is 0 Å². The van der Waals surface area contributed by atoms with E-state index in [1.54, 1.807) is 6.07 Å². The van der Waals surface area contributed by atoms with Crippen molar-refractivity contribution in [1.29, 1.82) is 0 Å². The number of nitrogens with zero attached hydrogens (tertiary/aromatic N) is 3. The summed E-state index contributed by atoms with van der Waals surface area (Å²) in [7, 11) is 0. The van der Waals surface area contributed by atoms with Gasteiger partial charge in [-0.05, 0) is 25.2 Å². The van der Waals surface area contributed by atoms with Crippen LogP contribution in [0.1, 0.15) is 40.0 Å². The second-order valence-electron chi connectivity index (χ2n) is 6.01. The van der Waals surface area contributed by atoms with Gasteiger partial charge < -0.3 is 10.2 Å². The maximum Gasteiger partial charge on any atom is 0.276 e. The van der Waals surface area contributed by atoms with Crippen LogP contribution >= 0.6 is 0 Å². The summed E-state index contributed by atoms with van der Waals surface area (Å²) in [5.41, 5.74) is 0.488. The number of rotatable bonds is 5. The predicted molar refractivity (Wildman–Crippen MR) is 84.9 cm³/mol. The van der Waals surface area contributed by atoms with Gasteiger partial charge >= 0.3 is 0 Å². The molecule has 1 N–H and O–H groups in total. The Balaban J connectivity index is 2.21. The van der Waals surface area contributed by atoms with Gasteiger partial charge in [0, 0.05) is 19.6 Å². The average molecular weight is 292 g/mol. The van der Waals surface area contributed by atoms with Crippen molar-refractivity contribution in [1.82, 2.24) is 4.98 Å². The molecule has 1 fully saturated rings. The number of aromatic nitrogens is 1. The lowest BCUT2D eigenvalue weighted by atomic mass is 9.78. The number of anilines is 2. The Bertz CT molecular complexity index is 510. The zero-order valence-corrected chi connectivity index (χ0v) is 13.1. The Morgan fingerprint density at radius 1 is 1.38 bits per heavy atom. The summed E-state index contributed by atoms with van der Waals surface area (Å²) >= 11 is 0. The first kappa shape index (κ1) is 15.5. The van der Waals surface area contributed by atoms with Crippen molar-refractivity contribution in [3.63, 3.8) is 0 Å². The molecule has 0 aromatic carbocycles. The molecule has 0 saturated carbocycles. The maximum atomic E-state index is 11.1. The number of piperidine rings is 1. The monoisotopic (exact) mass is 292 g/mol. The molecule has 0 unspecified atom stereocenters. The van der Waals surface area contributed by atoms with E-state index in [9.17, 15) is 10.1 Å². The molecule has 21 heavy (non-hydrogen) atoms. The highest BCUT2D eigenvalue weighted by Crippen LogP contribution is 2.36. The van der Waals surface area contributed by atoms with E-state index in [0.717, 1.165) is 25.9 Å². The van der Waals surface area contributed by atoms with Gasteiger partial charge in [0.15, 0.2) is 0 Å². The molecule has 1 aromatic rings. The topological polar surface area (TPSA) is 71.3 Å². The van der Waals surface area contributed by atoms with Gasteiger partial charge in [0.2, 0.25) is 0 Å². The van der Waals surface area contributed by atoms with Crippen LogP contribution in [0.3, 0.4) is 0 Å². The van der Waals surface area contributed by atoms with Crippen molar-refractivity contribution >= 4 is 17.3 Å². The Kier molecular flexibility index (Phi) is 4.65. The summed E-state index contributed by atoms with van der Waals surface area (Å²) in [6.45, 7) is 9.00. The minimum atomic E-state index is -0.355. The van der Waals surface area contributed by atoms with Crippen molar-refractivity contribution in [2.45, 2.75) is 40.0 Å². The van der Waals surface area contributed by atoms with Crippen molar-refractivity contribution in [3.05, 3.63) is 22.2 Å². The third kappa shape index (κ3) is 3.62. The van der Waals surface area contributed by atoms with Crippen LogP contribution in [0.15, 0.2) is 12.1 Å². The first-order valence-corrected chi connectivity index (χ1v) is 7.63. The van der Waals surface area contributed by atoms with Crippen LogP contribution < -0.4 is 10.2 Å². The van der Waals surface area contributed by atoms with Crippen molar-refractivity contribution < 1.29 is 4.92 Å². The van der Waals surface area contributed by atoms with E-state index in [0.29, 0.717) is 23.6 Å². The molecule has 1 saturated heterocycles. The largest absolute Gasteiger partial charge is 0.370 e. The lowest BCUT2D eigenvalue weighted by molar-refractivity contribution is -0.384. The molecule has 0 aliphatic carbocycles.